The number of fused-ring (bicyclic) bond motifs is 1. The summed E-state index contributed by atoms with van der Waals surface area (Å²) in [5.74, 6) is 0.0711. The van der Waals surface area contributed by atoms with Crippen LogP contribution in [0.15, 0.2) is 60.9 Å². The number of rotatable bonds is 4. The van der Waals surface area contributed by atoms with Crippen LogP contribution in [0.3, 0.4) is 0 Å². The highest BCUT2D eigenvalue weighted by atomic mass is 35.5. The molecule has 5 nitrogen and oxygen atoms in total. The van der Waals surface area contributed by atoms with Crippen molar-refractivity contribution in [1.82, 2.24) is 14.7 Å². The molecule has 0 saturated carbocycles. The van der Waals surface area contributed by atoms with E-state index in [4.69, 9.17) is 11.6 Å². The molecule has 1 aromatic heterocycles. The molecular weight excluding hydrogens is 348 g/mol. The minimum Gasteiger partial charge on any atom is -0.373 e. The number of anilines is 1. The molecule has 132 valence electrons. The number of carbonyl (C=O) groups is 1. The van der Waals surface area contributed by atoms with Crippen molar-refractivity contribution < 1.29 is 4.79 Å². The summed E-state index contributed by atoms with van der Waals surface area (Å²) >= 11 is 6.05. The summed E-state index contributed by atoms with van der Waals surface area (Å²) in [4.78, 5) is 14.6. The van der Waals surface area contributed by atoms with Gasteiger partial charge >= 0.3 is 0 Å². The molecule has 1 aliphatic heterocycles. The van der Waals surface area contributed by atoms with Crippen LogP contribution in [0.5, 0.6) is 0 Å². The molecule has 0 saturated heterocycles. The number of nitrogens with zero attached hydrogens (tertiary/aromatic N) is 3. The topological polar surface area (TPSA) is 50.2 Å². The standard InChI is InChI=1S/C20H19ClN4O/c1-24(13-14-4-2-5-17(10-14)25-9-3-8-22-25)20(26)19-12-15-11-16(21)6-7-18(15)23-19/h2-11,19,23H,12-13H2,1H3/t19-/m1/s1. The fourth-order valence-electron chi connectivity index (χ4n) is 3.32. The zero-order valence-corrected chi connectivity index (χ0v) is 15.1. The van der Waals surface area contributed by atoms with Crippen molar-refractivity contribution >= 4 is 23.2 Å². The Morgan fingerprint density at radius 2 is 2.19 bits per heavy atom. The summed E-state index contributed by atoms with van der Waals surface area (Å²) in [6.07, 6.45) is 4.31. The number of nitrogens with one attached hydrogen (secondary N) is 1. The highest BCUT2D eigenvalue weighted by Gasteiger charge is 2.29. The van der Waals surface area contributed by atoms with Gasteiger partial charge in [-0.25, -0.2) is 4.68 Å². The number of carbonyl (C=O) groups excluding carboxylic acids is 1. The monoisotopic (exact) mass is 366 g/mol. The minimum atomic E-state index is -0.247. The van der Waals surface area contributed by atoms with Crippen molar-refractivity contribution in [2.45, 2.75) is 19.0 Å². The second-order valence-electron chi connectivity index (χ2n) is 6.52. The maximum absolute atomic E-state index is 12.8. The third kappa shape index (κ3) is 3.30. The van der Waals surface area contributed by atoms with E-state index in [0.29, 0.717) is 18.0 Å². The fraction of sp³-hybridized carbons (Fsp3) is 0.200. The van der Waals surface area contributed by atoms with Crippen molar-refractivity contribution in [2.75, 3.05) is 12.4 Å². The predicted molar refractivity (Wildman–Crippen MR) is 103 cm³/mol. The first-order valence-electron chi connectivity index (χ1n) is 8.49. The van der Waals surface area contributed by atoms with Crippen LogP contribution in [0.4, 0.5) is 5.69 Å². The lowest BCUT2D eigenvalue weighted by atomic mass is 10.1. The molecule has 1 N–H and O–H groups in total. The van der Waals surface area contributed by atoms with Gasteiger partial charge in [-0.15, -0.1) is 0 Å². The van der Waals surface area contributed by atoms with E-state index in [2.05, 4.69) is 10.4 Å². The number of likely N-dealkylation sites (N-methyl/N-ethyl adjacent to an activating group) is 1. The van der Waals surface area contributed by atoms with Gasteiger partial charge in [0, 0.05) is 43.1 Å². The Labute approximate surface area is 157 Å². The second kappa shape index (κ2) is 6.84. The van der Waals surface area contributed by atoms with E-state index in [0.717, 1.165) is 22.5 Å². The van der Waals surface area contributed by atoms with Gasteiger partial charge in [0.2, 0.25) is 5.91 Å². The summed E-state index contributed by atoms with van der Waals surface area (Å²) < 4.78 is 1.81. The molecule has 0 spiro atoms. The van der Waals surface area contributed by atoms with E-state index in [-0.39, 0.29) is 11.9 Å². The quantitative estimate of drug-likeness (QED) is 0.768. The first-order valence-corrected chi connectivity index (χ1v) is 8.87. The number of aromatic nitrogens is 2. The van der Waals surface area contributed by atoms with Crippen LogP contribution in [0, 0.1) is 0 Å². The van der Waals surface area contributed by atoms with Crippen LogP contribution in [-0.2, 0) is 17.8 Å². The SMILES string of the molecule is CN(Cc1cccc(-n2cccn2)c1)C(=O)[C@H]1Cc2cc(Cl)ccc2N1. The van der Waals surface area contributed by atoms with Gasteiger partial charge in [-0.1, -0.05) is 23.7 Å². The molecule has 0 bridgehead atoms. The highest BCUT2D eigenvalue weighted by molar-refractivity contribution is 6.30. The van der Waals surface area contributed by atoms with Crippen LogP contribution in [0.25, 0.3) is 5.69 Å². The number of amides is 1. The second-order valence-corrected chi connectivity index (χ2v) is 6.95. The Morgan fingerprint density at radius 3 is 3.00 bits per heavy atom. The van der Waals surface area contributed by atoms with Crippen molar-refractivity contribution in [1.29, 1.82) is 0 Å². The normalized spacial score (nSPS) is 15.4. The van der Waals surface area contributed by atoms with E-state index < -0.39 is 0 Å². The zero-order chi connectivity index (χ0) is 18.1. The maximum Gasteiger partial charge on any atom is 0.245 e. The van der Waals surface area contributed by atoms with E-state index in [1.54, 1.807) is 11.1 Å². The molecule has 1 aliphatic rings. The summed E-state index contributed by atoms with van der Waals surface area (Å²) in [5.41, 5.74) is 4.12. The van der Waals surface area contributed by atoms with Crippen LogP contribution in [0.2, 0.25) is 5.02 Å². The Kier molecular flexibility index (Phi) is 4.39. The minimum absolute atomic E-state index is 0.0711. The molecule has 2 aromatic carbocycles. The Hall–Kier alpha value is -2.79. The van der Waals surface area contributed by atoms with Gasteiger partial charge in [0.15, 0.2) is 0 Å². The molecule has 4 rings (SSSR count). The average molecular weight is 367 g/mol. The lowest BCUT2D eigenvalue weighted by Gasteiger charge is -2.22. The number of benzene rings is 2. The van der Waals surface area contributed by atoms with Crippen LogP contribution in [-0.4, -0.2) is 33.7 Å². The zero-order valence-electron chi connectivity index (χ0n) is 14.4. The summed E-state index contributed by atoms with van der Waals surface area (Å²) in [6, 6.07) is 15.4. The molecule has 0 unspecified atom stereocenters. The molecule has 26 heavy (non-hydrogen) atoms. The molecule has 0 aliphatic carbocycles. The van der Waals surface area contributed by atoms with Gasteiger partial charge in [-0.3, -0.25) is 4.79 Å². The summed E-state index contributed by atoms with van der Waals surface area (Å²) in [6.45, 7) is 0.545. The molecule has 0 radical (unpaired) electrons. The first-order chi connectivity index (χ1) is 12.6. The molecule has 3 aromatic rings. The smallest absolute Gasteiger partial charge is 0.245 e. The van der Waals surface area contributed by atoms with Gasteiger partial charge in [0.1, 0.15) is 6.04 Å². The van der Waals surface area contributed by atoms with Crippen LogP contribution >= 0.6 is 11.6 Å². The summed E-state index contributed by atoms with van der Waals surface area (Å²) in [7, 11) is 1.83. The van der Waals surface area contributed by atoms with E-state index in [9.17, 15) is 4.79 Å². The lowest BCUT2D eigenvalue weighted by molar-refractivity contribution is -0.131. The van der Waals surface area contributed by atoms with Gasteiger partial charge in [0.05, 0.1) is 5.69 Å². The maximum atomic E-state index is 12.8. The third-order valence-electron chi connectivity index (χ3n) is 4.59. The first kappa shape index (κ1) is 16.7. The molecule has 1 amide bonds. The van der Waals surface area contributed by atoms with Gasteiger partial charge in [0.25, 0.3) is 0 Å². The van der Waals surface area contributed by atoms with E-state index >= 15 is 0 Å². The summed E-state index contributed by atoms with van der Waals surface area (Å²) in [5, 5.41) is 8.24. The number of hydrogen-bond donors (Lipinski definition) is 1. The number of halogens is 1. The third-order valence-corrected chi connectivity index (χ3v) is 4.83. The van der Waals surface area contributed by atoms with Gasteiger partial charge < -0.3 is 10.2 Å². The van der Waals surface area contributed by atoms with Crippen molar-refractivity contribution in [2.24, 2.45) is 0 Å². The van der Waals surface area contributed by atoms with E-state index in [1.165, 1.54) is 0 Å². The Bertz CT molecular complexity index is 939. The predicted octanol–water partition coefficient (Wildman–Crippen LogP) is 3.52. The van der Waals surface area contributed by atoms with Crippen molar-refractivity contribution in [3.8, 4) is 5.69 Å². The molecule has 0 fully saturated rings. The van der Waals surface area contributed by atoms with Crippen LogP contribution < -0.4 is 5.32 Å². The van der Waals surface area contributed by atoms with E-state index in [1.807, 2.05) is 66.5 Å². The molecule has 1 atom stereocenters. The number of hydrogen-bond acceptors (Lipinski definition) is 3. The van der Waals surface area contributed by atoms with Crippen molar-refractivity contribution in [3.05, 3.63) is 77.1 Å². The largest absolute Gasteiger partial charge is 0.373 e. The van der Waals surface area contributed by atoms with Gasteiger partial charge in [-0.2, -0.15) is 5.10 Å². The van der Waals surface area contributed by atoms with Crippen molar-refractivity contribution in [3.63, 3.8) is 0 Å². The Balaban J connectivity index is 1.45. The van der Waals surface area contributed by atoms with Crippen LogP contribution in [0.1, 0.15) is 11.1 Å². The van der Waals surface area contributed by atoms with Gasteiger partial charge in [-0.05, 0) is 47.5 Å². The molecular formula is C20H19ClN4O. The fourth-order valence-corrected chi connectivity index (χ4v) is 3.51. The lowest BCUT2D eigenvalue weighted by Crippen LogP contribution is -2.39. The average Bonchev–Trinajstić information content (AvgIpc) is 3.30. The molecule has 6 heteroatoms. The molecule has 2 heterocycles. The highest BCUT2D eigenvalue weighted by Crippen LogP contribution is 2.29. The Morgan fingerprint density at radius 1 is 1.31 bits per heavy atom.